The predicted molar refractivity (Wildman–Crippen MR) is 81.7 cm³/mol. The third-order valence-electron chi connectivity index (χ3n) is 4.27. The number of hydrogen-bond acceptors (Lipinski definition) is 3. The van der Waals surface area contributed by atoms with Crippen LogP contribution in [0.25, 0.3) is 0 Å². The van der Waals surface area contributed by atoms with Crippen molar-refractivity contribution in [2.45, 2.75) is 51.2 Å². The van der Waals surface area contributed by atoms with Crippen molar-refractivity contribution in [3.63, 3.8) is 0 Å². The lowest BCUT2D eigenvalue weighted by atomic mass is 10.00. The van der Waals surface area contributed by atoms with Gasteiger partial charge in [0.2, 0.25) is 0 Å². The van der Waals surface area contributed by atoms with E-state index in [0.29, 0.717) is 18.4 Å². The average molecular weight is 277 g/mol. The molecule has 0 aromatic heterocycles. The van der Waals surface area contributed by atoms with Crippen molar-refractivity contribution >= 4 is 0 Å². The molecule has 112 valence electrons. The summed E-state index contributed by atoms with van der Waals surface area (Å²) in [5, 5.41) is 23.0. The molecule has 3 atom stereocenters. The smallest absolute Gasteiger partial charge is 0.0914 e. The summed E-state index contributed by atoms with van der Waals surface area (Å²) >= 11 is 0. The topological polar surface area (TPSA) is 52.5 Å². The molecule has 0 radical (unpaired) electrons. The third-order valence-corrected chi connectivity index (χ3v) is 4.27. The first-order valence-corrected chi connectivity index (χ1v) is 7.73. The summed E-state index contributed by atoms with van der Waals surface area (Å²) in [6.07, 6.45) is 2.34. The highest BCUT2D eigenvalue weighted by Gasteiger charge is 2.22. The van der Waals surface area contributed by atoms with Gasteiger partial charge in [-0.3, -0.25) is 0 Å². The Balaban J connectivity index is 1.75. The van der Waals surface area contributed by atoms with E-state index in [1.54, 1.807) is 0 Å². The van der Waals surface area contributed by atoms with Gasteiger partial charge in [-0.2, -0.15) is 0 Å². The summed E-state index contributed by atoms with van der Waals surface area (Å²) in [5.74, 6) is 1.08. The molecular weight excluding hydrogens is 250 g/mol. The van der Waals surface area contributed by atoms with Crippen molar-refractivity contribution in [2.75, 3.05) is 13.1 Å². The standard InChI is InChI=1S/C17H27NO2/c1-12(2)14-4-6-15(7-5-14)17(20)11-18-10-13-3-8-16(19)9-13/h4-7,12-13,16-20H,3,8-11H2,1-2H3. The number of benzene rings is 1. The molecule has 0 saturated heterocycles. The molecule has 1 aromatic rings. The van der Waals surface area contributed by atoms with Crippen LogP contribution in [0, 0.1) is 5.92 Å². The minimum absolute atomic E-state index is 0.115. The van der Waals surface area contributed by atoms with Crippen LogP contribution in [0.5, 0.6) is 0 Å². The largest absolute Gasteiger partial charge is 0.393 e. The van der Waals surface area contributed by atoms with Gasteiger partial charge in [0.05, 0.1) is 12.2 Å². The first-order chi connectivity index (χ1) is 9.56. The minimum Gasteiger partial charge on any atom is -0.393 e. The van der Waals surface area contributed by atoms with Crippen LogP contribution in [0.1, 0.15) is 56.3 Å². The molecule has 0 heterocycles. The van der Waals surface area contributed by atoms with Gasteiger partial charge >= 0.3 is 0 Å². The van der Waals surface area contributed by atoms with Gasteiger partial charge in [-0.15, -0.1) is 0 Å². The monoisotopic (exact) mass is 277 g/mol. The van der Waals surface area contributed by atoms with Crippen molar-refractivity contribution in [3.8, 4) is 0 Å². The van der Waals surface area contributed by atoms with E-state index in [9.17, 15) is 10.2 Å². The van der Waals surface area contributed by atoms with Gasteiger partial charge in [-0.1, -0.05) is 38.1 Å². The molecule has 0 spiro atoms. The molecule has 3 N–H and O–H groups in total. The molecular formula is C17H27NO2. The van der Waals surface area contributed by atoms with Gasteiger partial charge in [0, 0.05) is 6.54 Å². The zero-order valence-electron chi connectivity index (χ0n) is 12.5. The zero-order chi connectivity index (χ0) is 14.5. The Morgan fingerprint density at radius 3 is 2.35 bits per heavy atom. The molecule has 1 aliphatic rings. The van der Waals surface area contributed by atoms with E-state index >= 15 is 0 Å². The van der Waals surface area contributed by atoms with E-state index in [0.717, 1.165) is 31.4 Å². The fourth-order valence-corrected chi connectivity index (χ4v) is 2.88. The lowest BCUT2D eigenvalue weighted by Gasteiger charge is -2.16. The first kappa shape index (κ1) is 15.5. The van der Waals surface area contributed by atoms with Crippen LogP contribution < -0.4 is 5.32 Å². The van der Waals surface area contributed by atoms with Gasteiger partial charge < -0.3 is 15.5 Å². The minimum atomic E-state index is -0.456. The highest BCUT2D eigenvalue weighted by molar-refractivity contribution is 5.26. The summed E-state index contributed by atoms with van der Waals surface area (Å²) in [5.41, 5.74) is 2.27. The third kappa shape index (κ3) is 4.30. The number of rotatable bonds is 6. The normalized spacial score (nSPS) is 24.2. The van der Waals surface area contributed by atoms with Gasteiger partial charge in [0.25, 0.3) is 0 Å². The number of aliphatic hydroxyl groups is 2. The second kappa shape index (κ2) is 7.21. The second-order valence-electron chi connectivity index (χ2n) is 6.33. The van der Waals surface area contributed by atoms with E-state index in [2.05, 4.69) is 31.3 Å². The van der Waals surface area contributed by atoms with Crippen LogP contribution in [0.15, 0.2) is 24.3 Å². The SMILES string of the molecule is CC(C)c1ccc(C(O)CNCC2CCC(O)C2)cc1. The van der Waals surface area contributed by atoms with E-state index in [4.69, 9.17) is 0 Å². The zero-order valence-corrected chi connectivity index (χ0v) is 12.5. The lowest BCUT2D eigenvalue weighted by molar-refractivity contribution is 0.167. The molecule has 1 saturated carbocycles. The highest BCUT2D eigenvalue weighted by Crippen LogP contribution is 2.24. The molecule has 20 heavy (non-hydrogen) atoms. The predicted octanol–water partition coefficient (Wildman–Crippen LogP) is 2.59. The molecule has 3 unspecified atom stereocenters. The van der Waals surface area contributed by atoms with E-state index in [1.807, 2.05) is 12.1 Å². The molecule has 3 nitrogen and oxygen atoms in total. The maximum absolute atomic E-state index is 10.2. The molecule has 0 aliphatic heterocycles. The van der Waals surface area contributed by atoms with Crippen molar-refractivity contribution in [1.29, 1.82) is 0 Å². The van der Waals surface area contributed by atoms with E-state index < -0.39 is 6.10 Å². The summed E-state index contributed by atoms with van der Waals surface area (Å²) in [6.45, 7) is 5.80. The van der Waals surface area contributed by atoms with Crippen molar-refractivity contribution in [2.24, 2.45) is 5.92 Å². The quantitative estimate of drug-likeness (QED) is 0.749. The fourth-order valence-electron chi connectivity index (χ4n) is 2.88. The van der Waals surface area contributed by atoms with Crippen molar-refractivity contribution in [3.05, 3.63) is 35.4 Å². The van der Waals surface area contributed by atoms with Crippen LogP contribution in [-0.2, 0) is 0 Å². The highest BCUT2D eigenvalue weighted by atomic mass is 16.3. The summed E-state index contributed by atoms with van der Waals surface area (Å²) in [6, 6.07) is 8.22. The van der Waals surface area contributed by atoms with Crippen LogP contribution >= 0.6 is 0 Å². The Morgan fingerprint density at radius 2 is 1.80 bits per heavy atom. The van der Waals surface area contributed by atoms with E-state index in [-0.39, 0.29) is 6.10 Å². The average Bonchev–Trinajstić information content (AvgIpc) is 2.84. The molecule has 2 rings (SSSR count). The molecule has 0 amide bonds. The van der Waals surface area contributed by atoms with Gasteiger partial charge in [-0.05, 0) is 48.8 Å². The summed E-state index contributed by atoms with van der Waals surface area (Å²) in [7, 11) is 0. The number of hydrogen-bond donors (Lipinski definition) is 3. The molecule has 1 fully saturated rings. The van der Waals surface area contributed by atoms with Gasteiger partial charge in [-0.25, -0.2) is 0 Å². The Bertz CT molecular complexity index is 402. The number of nitrogens with one attached hydrogen (secondary N) is 1. The van der Waals surface area contributed by atoms with Gasteiger partial charge in [0.1, 0.15) is 0 Å². The Kier molecular flexibility index (Phi) is 5.58. The summed E-state index contributed by atoms with van der Waals surface area (Å²) < 4.78 is 0. The lowest BCUT2D eigenvalue weighted by Crippen LogP contribution is -2.26. The van der Waals surface area contributed by atoms with Crippen LogP contribution in [0.4, 0.5) is 0 Å². The van der Waals surface area contributed by atoms with Crippen molar-refractivity contribution < 1.29 is 10.2 Å². The molecule has 0 bridgehead atoms. The molecule has 1 aromatic carbocycles. The fraction of sp³-hybridized carbons (Fsp3) is 0.647. The Labute approximate surface area is 122 Å². The van der Waals surface area contributed by atoms with Crippen molar-refractivity contribution in [1.82, 2.24) is 5.32 Å². The Morgan fingerprint density at radius 1 is 1.15 bits per heavy atom. The van der Waals surface area contributed by atoms with E-state index in [1.165, 1.54) is 5.56 Å². The van der Waals surface area contributed by atoms with Crippen LogP contribution in [-0.4, -0.2) is 29.4 Å². The first-order valence-electron chi connectivity index (χ1n) is 7.73. The Hall–Kier alpha value is -0.900. The number of aliphatic hydroxyl groups excluding tert-OH is 2. The molecule has 1 aliphatic carbocycles. The second-order valence-corrected chi connectivity index (χ2v) is 6.33. The van der Waals surface area contributed by atoms with Crippen LogP contribution in [0.3, 0.4) is 0 Å². The van der Waals surface area contributed by atoms with Crippen LogP contribution in [0.2, 0.25) is 0 Å². The summed E-state index contributed by atoms with van der Waals surface area (Å²) in [4.78, 5) is 0. The van der Waals surface area contributed by atoms with Gasteiger partial charge in [0.15, 0.2) is 0 Å². The maximum atomic E-state index is 10.2. The molecule has 3 heteroatoms. The maximum Gasteiger partial charge on any atom is 0.0914 e.